The number of fused-ring (bicyclic) bond motifs is 2. The van der Waals surface area contributed by atoms with Crippen molar-refractivity contribution in [1.29, 1.82) is 0 Å². The Morgan fingerprint density at radius 1 is 1.25 bits per heavy atom. The first-order chi connectivity index (χ1) is 17.1. The van der Waals surface area contributed by atoms with E-state index in [1.54, 1.807) is 24.0 Å². The summed E-state index contributed by atoms with van der Waals surface area (Å²) < 4.78 is 45.6. The molecule has 0 spiro atoms. The van der Waals surface area contributed by atoms with Gasteiger partial charge in [-0.05, 0) is 54.4 Å². The minimum absolute atomic E-state index is 0.000836. The number of alkyl halides is 3. The van der Waals surface area contributed by atoms with Crippen LogP contribution in [0.15, 0.2) is 36.4 Å². The van der Waals surface area contributed by atoms with Gasteiger partial charge in [0, 0.05) is 17.8 Å². The molecule has 1 atom stereocenters. The Bertz CT molecular complexity index is 1350. The molecule has 0 unspecified atom stereocenters. The summed E-state index contributed by atoms with van der Waals surface area (Å²) in [5.41, 5.74) is 7.60. The van der Waals surface area contributed by atoms with Crippen LogP contribution in [-0.2, 0) is 19.3 Å². The minimum atomic E-state index is -4.53. The van der Waals surface area contributed by atoms with Crippen molar-refractivity contribution in [2.75, 3.05) is 29.5 Å². The number of amides is 1. The first-order valence-electron chi connectivity index (χ1n) is 11.2. The Hall–Kier alpha value is -3.73. The number of hydrogen-bond donors (Lipinski definition) is 3. The molecule has 0 saturated carbocycles. The number of nitrogen functional groups attached to an aromatic ring is 1. The lowest BCUT2D eigenvalue weighted by Gasteiger charge is -2.23. The quantitative estimate of drug-likeness (QED) is 0.334. The van der Waals surface area contributed by atoms with Gasteiger partial charge >= 0.3 is 6.18 Å². The van der Waals surface area contributed by atoms with E-state index in [1.165, 1.54) is 6.07 Å². The zero-order valence-electron chi connectivity index (χ0n) is 19.1. The lowest BCUT2D eigenvalue weighted by molar-refractivity contribution is -0.137. The third-order valence-corrected chi connectivity index (χ3v) is 6.28. The first-order valence-corrected chi connectivity index (χ1v) is 11.6. The summed E-state index contributed by atoms with van der Waals surface area (Å²) in [5.74, 6) is 0.606. The lowest BCUT2D eigenvalue weighted by Crippen LogP contribution is -2.28. The highest BCUT2D eigenvalue weighted by Gasteiger charge is 2.33. The third kappa shape index (κ3) is 4.58. The van der Waals surface area contributed by atoms with Crippen molar-refractivity contribution >= 4 is 34.7 Å². The Balaban J connectivity index is 1.41. The van der Waals surface area contributed by atoms with Crippen LogP contribution in [0.5, 0.6) is 5.75 Å². The predicted octanol–water partition coefficient (Wildman–Crippen LogP) is 4.86. The van der Waals surface area contributed by atoms with Crippen LogP contribution < -0.4 is 21.1 Å². The Kier molecular flexibility index (Phi) is 6.03. The van der Waals surface area contributed by atoms with Crippen molar-refractivity contribution in [3.8, 4) is 5.75 Å². The number of nitrogens with zero attached hydrogens (tertiary/aromatic N) is 3. The van der Waals surface area contributed by atoms with E-state index in [1.807, 2.05) is 6.07 Å². The number of nitrogens with one attached hydrogen (secondary N) is 2. The summed E-state index contributed by atoms with van der Waals surface area (Å²) in [6.07, 6.45) is -4.53. The Labute approximate surface area is 209 Å². The number of halogens is 4. The molecule has 0 bridgehead atoms. The molecule has 12 heteroatoms. The Morgan fingerprint density at radius 2 is 2.06 bits per heavy atom. The summed E-state index contributed by atoms with van der Waals surface area (Å²) in [7, 11) is 0. The van der Waals surface area contributed by atoms with Gasteiger partial charge in [-0.2, -0.15) is 13.2 Å². The van der Waals surface area contributed by atoms with Gasteiger partial charge in [-0.25, -0.2) is 9.97 Å². The molecule has 188 valence electrons. The van der Waals surface area contributed by atoms with Crippen molar-refractivity contribution in [2.45, 2.75) is 32.2 Å². The van der Waals surface area contributed by atoms with Crippen LogP contribution in [0.4, 0.5) is 30.4 Å². The molecule has 5 rings (SSSR count). The molecule has 36 heavy (non-hydrogen) atoms. The van der Waals surface area contributed by atoms with Gasteiger partial charge in [0.1, 0.15) is 12.4 Å². The number of aromatic nitrogens is 2. The van der Waals surface area contributed by atoms with E-state index < -0.39 is 17.8 Å². The summed E-state index contributed by atoms with van der Waals surface area (Å²) in [5, 5.41) is 6.30. The van der Waals surface area contributed by atoms with E-state index in [-0.39, 0.29) is 30.0 Å². The largest absolute Gasteiger partial charge is 0.489 e. The second kappa shape index (κ2) is 9.05. The lowest BCUT2D eigenvalue weighted by atomic mass is 10.0. The third-order valence-electron chi connectivity index (χ3n) is 6.11. The number of carbonyl (C=O) groups is 1. The molecule has 0 radical (unpaired) electrons. The van der Waals surface area contributed by atoms with Crippen LogP contribution in [0.25, 0.3) is 0 Å². The average Bonchev–Trinajstić information content (AvgIpc) is 3.26. The van der Waals surface area contributed by atoms with Crippen molar-refractivity contribution in [3.63, 3.8) is 0 Å². The van der Waals surface area contributed by atoms with Crippen LogP contribution in [0.1, 0.15) is 45.7 Å². The normalized spacial score (nSPS) is 15.4. The number of carbonyl (C=O) groups excluding carboxylic acids is 1. The average molecular weight is 519 g/mol. The molecule has 4 N–H and O–H groups in total. The molecule has 2 aliphatic heterocycles. The highest BCUT2D eigenvalue weighted by Crippen LogP contribution is 2.37. The number of ether oxygens (including phenoxy) is 1. The fourth-order valence-corrected chi connectivity index (χ4v) is 4.56. The zero-order valence-corrected chi connectivity index (χ0v) is 19.9. The molecule has 1 amide bonds. The van der Waals surface area contributed by atoms with Crippen LogP contribution in [0, 0.1) is 0 Å². The maximum atomic E-state index is 13.4. The van der Waals surface area contributed by atoms with Gasteiger partial charge in [0.25, 0.3) is 5.91 Å². The summed E-state index contributed by atoms with van der Waals surface area (Å²) in [6.45, 7) is 3.19. The molecule has 0 saturated heterocycles. The van der Waals surface area contributed by atoms with Crippen molar-refractivity contribution in [2.24, 2.45) is 0 Å². The van der Waals surface area contributed by atoms with E-state index >= 15 is 0 Å². The monoisotopic (exact) mass is 518 g/mol. The topological polar surface area (TPSA) is 105 Å². The van der Waals surface area contributed by atoms with E-state index in [0.717, 1.165) is 17.8 Å². The van der Waals surface area contributed by atoms with E-state index in [4.69, 9.17) is 22.1 Å². The summed E-state index contributed by atoms with van der Waals surface area (Å²) in [6, 6.07) is 8.14. The number of para-hydroxylation sites is 1. The molecule has 8 nitrogen and oxygen atoms in total. The maximum absolute atomic E-state index is 13.4. The van der Waals surface area contributed by atoms with Crippen molar-refractivity contribution < 1.29 is 22.7 Å². The molecule has 2 aromatic carbocycles. The summed E-state index contributed by atoms with van der Waals surface area (Å²) >= 11 is 6.14. The molecular formula is C24H22ClF3N6O2. The molecular weight excluding hydrogens is 497 g/mol. The molecule has 0 aliphatic carbocycles. The zero-order chi connectivity index (χ0) is 25.6. The second-order valence-electron chi connectivity index (χ2n) is 8.64. The van der Waals surface area contributed by atoms with Gasteiger partial charge in [0.15, 0.2) is 5.75 Å². The van der Waals surface area contributed by atoms with Crippen LogP contribution >= 0.6 is 11.6 Å². The number of anilines is 3. The molecule has 1 aromatic heterocycles. The smallest absolute Gasteiger partial charge is 0.416 e. The van der Waals surface area contributed by atoms with Gasteiger partial charge in [-0.15, -0.1) is 0 Å². The summed E-state index contributed by atoms with van der Waals surface area (Å²) in [4.78, 5) is 23.5. The van der Waals surface area contributed by atoms with Crippen LogP contribution in [-0.4, -0.2) is 33.9 Å². The van der Waals surface area contributed by atoms with Crippen molar-refractivity contribution in [3.05, 3.63) is 69.6 Å². The van der Waals surface area contributed by atoms with Crippen LogP contribution in [0.3, 0.4) is 0 Å². The number of rotatable bonds is 4. The van der Waals surface area contributed by atoms with Gasteiger partial charge in [0.05, 0.1) is 41.6 Å². The first kappa shape index (κ1) is 24.0. The molecule has 0 fully saturated rings. The fourth-order valence-electron chi connectivity index (χ4n) is 4.38. The number of nitrogens with two attached hydrogens (primary N) is 1. The van der Waals surface area contributed by atoms with Crippen molar-refractivity contribution in [1.82, 2.24) is 14.9 Å². The van der Waals surface area contributed by atoms with Gasteiger partial charge < -0.3 is 26.0 Å². The predicted molar refractivity (Wildman–Crippen MR) is 129 cm³/mol. The highest BCUT2D eigenvalue weighted by atomic mass is 35.5. The minimum Gasteiger partial charge on any atom is -0.489 e. The number of hydrogen-bond acceptors (Lipinski definition) is 7. The fraction of sp³-hybridized carbons (Fsp3) is 0.292. The van der Waals surface area contributed by atoms with Gasteiger partial charge in [-0.3, -0.25) is 4.79 Å². The van der Waals surface area contributed by atoms with Crippen LogP contribution in [0.2, 0.25) is 5.28 Å². The maximum Gasteiger partial charge on any atom is 0.416 e. The standard InChI is InChI=1S/C24H22ClF3N6O2/c1-12(13-7-14(24(26,27)28)9-15(29)8-13)31-21-17-10-34(11-19(17)32-23(25)33-21)22(35)16-3-2-4-18-20(16)36-6-5-30-18/h2-4,7-9,12,30H,5-6,10-11,29H2,1H3,(H,31,32,33)/t12-/m1/s1. The van der Waals surface area contributed by atoms with Gasteiger partial charge in [0.2, 0.25) is 5.28 Å². The van der Waals surface area contributed by atoms with E-state index in [2.05, 4.69) is 20.6 Å². The molecule has 3 aromatic rings. The Morgan fingerprint density at radius 3 is 2.83 bits per heavy atom. The van der Waals surface area contributed by atoms with E-state index in [9.17, 15) is 18.0 Å². The van der Waals surface area contributed by atoms with E-state index in [0.29, 0.717) is 47.1 Å². The molecule has 3 heterocycles. The number of benzene rings is 2. The van der Waals surface area contributed by atoms with Gasteiger partial charge in [-0.1, -0.05) is 6.07 Å². The SMILES string of the molecule is C[C@@H](Nc1nc(Cl)nc2c1CN(C(=O)c1cccc3c1OCCN3)C2)c1cc(N)cc(C(F)(F)F)c1. The highest BCUT2D eigenvalue weighted by molar-refractivity contribution is 6.28. The second-order valence-corrected chi connectivity index (χ2v) is 8.98. The molecule has 2 aliphatic rings.